The predicted octanol–water partition coefficient (Wildman–Crippen LogP) is 6.34. The number of aromatic nitrogens is 2. The Bertz CT molecular complexity index is 1740. The first-order valence-corrected chi connectivity index (χ1v) is 19.9. The first kappa shape index (κ1) is 35.9. The molecule has 3 aliphatic rings. The van der Waals surface area contributed by atoms with E-state index >= 15 is 0 Å². The topological polar surface area (TPSA) is 132 Å². The lowest BCUT2D eigenvalue weighted by Gasteiger charge is -2.36. The van der Waals surface area contributed by atoms with Gasteiger partial charge in [-0.2, -0.15) is 5.10 Å². The van der Waals surface area contributed by atoms with Gasteiger partial charge in [0, 0.05) is 43.0 Å². The quantitative estimate of drug-likeness (QED) is 0.198. The number of alkyl carbamates (subject to hydrolysis) is 1. The van der Waals surface area contributed by atoms with Crippen molar-refractivity contribution in [3.63, 3.8) is 0 Å². The van der Waals surface area contributed by atoms with Crippen LogP contribution in [0.4, 0.5) is 10.5 Å². The van der Waals surface area contributed by atoms with Crippen LogP contribution < -0.4 is 19.7 Å². The maximum Gasteiger partial charge on any atom is 0.407 e. The van der Waals surface area contributed by atoms with E-state index in [9.17, 15) is 18.0 Å². The number of anilines is 1. The number of carbonyl (C=O) groups is 2. The van der Waals surface area contributed by atoms with Crippen molar-refractivity contribution in [2.45, 2.75) is 89.2 Å². The Morgan fingerprint density at radius 2 is 1.70 bits per heavy atom. The van der Waals surface area contributed by atoms with E-state index in [1.165, 1.54) is 18.4 Å². The molecule has 0 bridgehead atoms. The maximum absolute atomic E-state index is 14.4. The summed E-state index contributed by atoms with van der Waals surface area (Å²) in [7, 11) is -1.61. The van der Waals surface area contributed by atoms with Crippen LogP contribution in [0.25, 0.3) is 11.1 Å². The molecule has 2 amide bonds. The minimum Gasteiger partial charge on any atom is -0.496 e. The highest BCUT2D eigenvalue weighted by Gasteiger charge is 2.34. The maximum atomic E-state index is 14.4. The Labute approximate surface area is 296 Å². The molecule has 50 heavy (non-hydrogen) atoms. The van der Waals surface area contributed by atoms with Crippen LogP contribution in [0, 0.1) is 18.8 Å². The van der Waals surface area contributed by atoms with Crippen LogP contribution in [0.3, 0.4) is 0 Å². The molecule has 2 N–H and O–H groups in total. The summed E-state index contributed by atoms with van der Waals surface area (Å²) in [5.41, 5.74) is 5.56. The van der Waals surface area contributed by atoms with Gasteiger partial charge in [0.25, 0.3) is 0 Å². The number of sulfonamides is 1. The molecule has 1 heterocycles. The van der Waals surface area contributed by atoms with Gasteiger partial charge in [-0.15, -0.1) is 0 Å². The molecular formula is C38H51N5O6S. The van der Waals surface area contributed by atoms with Crippen molar-refractivity contribution in [1.29, 1.82) is 0 Å². The number of nitrogens with one attached hydrogen (secondary N) is 2. The standard InChI is InChI=1S/C38H51N5O6S/c1-26-21-31(13-18-36(26)48-2)28-9-7-27(8-10-28)24-42(34-6-4-5-30(22-34)32-23-40-43(25-32)33-14-15-33)37(44)29-11-16-35(17-12-29)49-38(45)39-19-20-41-50(3,46)47/h4-6,13,18,21-23,25,27-29,33,35,41H,7-12,14-17,19-20,24H2,1-3H3,(H,39,45). The monoisotopic (exact) mass is 705 g/mol. The number of amides is 2. The Hall–Kier alpha value is -3.90. The van der Waals surface area contributed by atoms with Crippen LogP contribution in [0.1, 0.15) is 87.3 Å². The zero-order valence-corrected chi connectivity index (χ0v) is 30.3. The van der Waals surface area contributed by atoms with Gasteiger partial charge in [0.1, 0.15) is 11.9 Å². The Kier molecular flexibility index (Phi) is 11.5. The van der Waals surface area contributed by atoms with E-state index in [-0.39, 0.29) is 31.0 Å². The second kappa shape index (κ2) is 16.0. The molecule has 0 atom stereocenters. The van der Waals surface area contributed by atoms with Gasteiger partial charge in [-0.25, -0.2) is 17.9 Å². The van der Waals surface area contributed by atoms with Crippen molar-refractivity contribution in [2.75, 3.05) is 37.9 Å². The van der Waals surface area contributed by atoms with Gasteiger partial charge in [-0.05, 0) is 118 Å². The van der Waals surface area contributed by atoms with Crippen LogP contribution >= 0.6 is 0 Å². The number of hydrogen-bond acceptors (Lipinski definition) is 7. The van der Waals surface area contributed by atoms with Gasteiger partial charge >= 0.3 is 6.09 Å². The predicted molar refractivity (Wildman–Crippen MR) is 194 cm³/mol. The van der Waals surface area contributed by atoms with Gasteiger partial charge in [0.15, 0.2) is 0 Å². The van der Waals surface area contributed by atoms with E-state index in [4.69, 9.17) is 9.47 Å². The molecule has 1 aromatic heterocycles. The molecule has 0 saturated heterocycles. The molecule has 2 aromatic carbocycles. The van der Waals surface area contributed by atoms with Crippen molar-refractivity contribution >= 4 is 27.7 Å². The second-order valence-corrected chi connectivity index (χ2v) is 16.2. The third-order valence-corrected chi connectivity index (χ3v) is 11.2. The van der Waals surface area contributed by atoms with Crippen molar-refractivity contribution in [3.05, 3.63) is 66.0 Å². The molecule has 270 valence electrons. The molecule has 3 fully saturated rings. The van der Waals surface area contributed by atoms with E-state index in [0.29, 0.717) is 50.1 Å². The van der Waals surface area contributed by atoms with E-state index in [2.05, 4.69) is 69.3 Å². The van der Waals surface area contributed by atoms with Crippen LogP contribution in [-0.2, 0) is 19.6 Å². The average molecular weight is 706 g/mol. The lowest BCUT2D eigenvalue weighted by Crippen LogP contribution is -2.42. The summed E-state index contributed by atoms with van der Waals surface area (Å²) >= 11 is 0. The van der Waals surface area contributed by atoms with Crippen molar-refractivity contribution < 1.29 is 27.5 Å². The summed E-state index contributed by atoms with van der Waals surface area (Å²) in [6.45, 7) is 3.01. The Morgan fingerprint density at radius 1 is 0.940 bits per heavy atom. The summed E-state index contributed by atoms with van der Waals surface area (Å²) in [6, 6.07) is 15.4. The molecule has 11 nitrogen and oxygen atoms in total. The summed E-state index contributed by atoms with van der Waals surface area (Å²) in [6.07, 6.45) is 13.4. The first-order chi connectivity index (χ1) is 24.1. The molecule has 3 aromatic rings. The molecule has 0 unspecified atom stereocenters. The highest BCUT2D eigenvalue weighted by molar-refractivity contribution is 7.88. The number of aryl methyl sites for hydroxylation is 1. The van der Waals surface area contributed by atoms with E-state index in [0.717, 1.165) is 60.1 Å². The summed E-state index contributed by atoms with van der Waals surface area (Å²) in [5, 5.41) is 7.20. The van der Waals surface area contributed by atoms with Gasteiger partial charge in [-0.3, -0.25) is 9.48 Å². The molecular weight excluding hydrogens is 655 g/mol. The zero-order valence-electron chi connectivity index (χ0n) is 29.5. The second-order valence-electron chi connectivity index (χ2n) is 14.4. The number of carbonyl (C=O) groups excluding carboxylic acids is 2. The summed E-state index contributed by atoms with van der Waals surface area (Å²) in [5.74, 6) is 1.81. The highest BCUT2D eigenvalue weighted by Crippen LogP contribution is 2.40. The van der Waals surface area contributed by atoms with E-state index in [1.807, 2.05) is 17.2 Å². The van der Waals surface area contributed by atoms with E-state index < -0.39 is 16.1 Å². The molecule has 12 heteroatoms. The van der Waals surface area contributed by atoms with Crippen LogP contribution in [0.15, 0.2) is 54.9 Å². The van der Waals surface area contributed by atoms with E-state index in [1.54, 1.807) is 7.11 Å². The van der Waals surface area contributed by atoms with Gasteiger partial charge in [0.05, 0.1) is 25.6 Å². The van der Waals surface area contributed by atoms with Crippen LogP contribution in [0.5, 0.6) is 5.75 Å². The summed E-state index contributed by atoms with van der Waals surface area (Å²) in [4.78, 5) is 28.8. The van der Waals surface area contributed by atoms with Gasteiger partial charge < -0.3 is 19.7 Å². The largest absolute Gasteiger partial charge is 0.496 e. The molecule has 3 aliphatic carbocycles. The van der Waals surface area contributed by atoms with Crippen molar-refractivity contribution in [1.82, 2.24) is 19.8 Å². The SMILES string of the molecule is COc1ccc(C2CCC(CN(C(=O)C3CCC(OC(=O)NCCNS(C)(=O)=O)CC3)c3cccc(-c4cnn(C5CC5)c4)c3)CC2)cc1C. The number of rotatable bonds is 13. The fraction of sp³-hybridized carbons (Fsp3) is 0.553. The fourth-order valence-corrected chi connectivity index (χ4v) is 8.01. The number of benzene rings is 2. The van der Waals surface area contributed by atoms with Crippen LogP contribution in [-0.4, -0.2) is 69.3 Å². The molecule has 0 aliphatic heterocycles. The number of hydrogen-bond donors (Lipinski definition) is 2. The smallest absolute Gasteiger partial charge is 0.407 e. The minimum absolute atomic E-state index is 0.0951. The zero-order chi connectivity index (χ0) is 35.3. The minimum atomic E-state index is -3.32. The normalized spacial score (nSPS) is 22.5. The van der Waals surface area contributed by atoms with Crippen LogP contribution in [0.2, 0.25) is 0 Å². The lowest BCUT2D eigenvalue weighted by molar-refractivity contribution is -0.124. The van der Waals surface area contributed by atoms with Crippen molar-refractivity contribution in [2.24, 2.45) is 11.8 Å². The number of methoxy groups -OCH3 is 1. The highest BCUT2D eigenvalue weighted by atomic mass is 32.2. The third kappa shape index (κ3) is 9.45. The molecule has 3 saturated carbocycles. The average Bonchev–Trinajstić information content (AvgIpc) is 3.84. The number of ether oxygens (including phenoxy) is 2. The fourth-order valence-electron chi connectivity index (χ4n) is 7.54. The van der Waals surface area contributed by atoms with Crippen molar-refractivity contribution in [3.8, 4) is 16.9 Å². The molecule has 6 rings (SSSR count). The Balaban J connectivity index is 1.10. The Morgan fingerprint density at radius 3 is 2.38 bits per heavy atom. The lowest BCUT2D eigenvalue weighted by atomic mass is 9.78. The molecule has 0 radical (unpaired) electrons. The van der Waals surface area contributed by atoms with Gasteiger partial charge in [0.2, 0.25) is 15.9 Å². The summed E-state index contributed by atoms with van der Waals surface area (Å²) < 4.78 is 38.0. The first-order valence-electron chi connectivity index (χ1n) is 18.1. The molecule has 0 spiro atoms. The number of nitrogens with zero attached hydrogens (tertiary/aromatic N) is 3. The van der Waals surface area contributed by atoms with Gasteiger partial charge in [-0.1, -0.05) is 24.3 Å². The third-order valence-electron chi connectivity index (χ3n) is 10.5.